The van der Waals surface area contributed by atoms with Crippen LogP contribution in [0.25, 0.3) is 11.3 Å². The second-order valence-corrected chi connectivity index (χ2v) is 5.02. The van der Waals surface area contributed by atoms with E-state index < -0.39 is 5.91 Å². The number of amides is 1. The van der Waals surface area contributed by atoms with E-state index in [2.05, 4.69) is 15.5 Å². The number of thiophene rings is 1. The van der Waals surface area contributed by atoms with E-state index in [1.165, 1.54) is 6.20 Å². The Morgan fingerprint density at radius 3 is 3.05 bits per heavy atom. The molecular weight excluding hydrogens is 298 g/mol. The Kier molecular flexibility index (Phi) is 3.49. The Morgan fingerprint density at radius 2 is 2.30 bits per heavy atom. The van der Waals surface area contributed by atoms with E-state index in [1.54, 1.807) is 29.5 Å². The van der Waals surface area contributed by atoms with E-state index in [4.69, 9.17) is 16.1 Å². The predicted molar refractivity (Wildman–Crippen MR) is 77.0 cm³/mol. The van der Waals surface area contributed by atoms with Crippen molar-refractivity contribution < 1.29 is 9.32 Å². The number of pyridine rings is 1. The molecule has 3 aromatic heterocycles. The van der Waals surface area contributed by atoms with Gasteiger partial charge in [0, 0.05) is 23.2 Å². The zero-order valence-corrected chi connectivity index (χ0v) is 11.6. The van der Waals surface area contributed by atoms with Crippen LogP contribution in [-0.4, -0.2) is 16.0 Å². The normalized spacial score (nSPS) is 10.4. The lowest BCUT2D eigenvalue weighted by molar-refractivity contribution is 0.102. The van der Waals surface area contributed by atoms with Crippen LogP contribution < -0.4 is 5.32 Å². The van der Waals surface area contributed by atoms with E-state index in [-0.39, 0.29) is 16.6 Å². The number of hydrogen-bond donors (Lipinski definition) is 1. The Hall–Kier alpha value is -2.18. The Labute approximate surface area is 123 Å². The zero-order chi connectivity index (χ0) is 13.9. The zero-order valence-electron chi connectivity index (χ0n) is 10.0. The van der Waals surface area contributed by atoms with Gasteiger partial charge in [-0.15, -0.1) is 0 Å². The maximum Gasteiger partial charge on any atom is 0.261 e. The van der Waals surface area contributed by atoms with Crippen LogP contribution in [0, 0.1) is 0 Å². The molecule has 1 N–H and O–H groups in total. The van der Waals surface area contributed by atoms with Gasteiger partial charge >= 0.3 is 0 Å². The van der Waals surface area contributed by atoms with Crippen LogP contribution in [-0.2, 0) is 0 Å². The largest absolute Gasteiger partial charge is 0.338 e. The number of carbonyl (C=O) groups is 1. The predicted octanol–water partition coefficient (Wildman–Crippen LogP) is 3.70. The first-order chi connectivity index (χ1) is 9.74. The smallest absolute Gasteiger partial charge is 0.261 e. The Balaban J connectivity index is 1.79. The average Bonchev–Trinajstić information content (AvgIpc) is 3.09. The maximum atomic E-state index is 12.0. The van der Waals surface area contributed by atoms with Crippen molar-refractivity contribution in [2.24, 2.45) is 0 Å². The second kappa shape index (κ2) is 5.44. The van der Waals surface area contributed by atoms with Crippen molar-refractivity contribution in [3.05, 3.63) is 51.9 Å². The molecule has 1 amide bonds. The van der Waals surface area contributed by atoms with Crippen molar-refractivity contribution in [1.82, 2.24) is 10.1 Å². The summed E-state index contributed by atoms with van der Waals surface area (Å²) < 4.78 is 5.08. The van der Waals surface area contributed by atoms with Crippen LogP contribution in [0.4, 0.5) is 5.88 Å². The van der Waals surface area contributed by atoms with Gasteiger partial charge in [-0.2, -0.15) is 11.3 Å². The van der Waals surface area contributed by atoms with Gasteiger partial charge in [-0.3, -0.25) is 10.1 Å². The molecule has 0 aliphatic heterocycles. The number of halogens is 1. The van der Waals surface area contributed by atoms with Crippen LogP contribution in [0.1, 0.15) is 10.4 Å². The molecule has 0 bridgehead atoms. The topological polar surface area (TPSA) is 68.0 Å². The van der Waals surface area contributed by atoms with E-state index >= 15 is 0 Å². The summed E-state index contributed by atoms with van der Waals surface area (Å²) in [5.41, 5.74) is 1.89. The summed E-state index contributed by atoms with van der Waals surface area (Å²) in [5.74, 6) is -0.132. The number of carbonyl (C=O) groups excluding carboxylic acids is 1. The molecule has 7 heteroatoms. The van der Waals surface area contributed by atoms with Crippen LogP contribution >= 0.6 is 22.9 Å². The molecule has 0 fully saturated rings. The van der Waals surface area contributed by atoms with Crippen LogP contribution in [0.15, 0.2) is 45.7 Å². The molecule has 5 nitrogen and oxygen atoms in total. The Bertz CT molecular complexity index is 740. The summed E-state index contributed by atoms with van der Waals surface area (Å²) in [6.07, 6.45) is 1.52. The lowest BCUT2D eigenvalue weighted by atomic mass is 10.2. The summed E-state index contributed by atoms with van der Waals surface area (Å²) in [6, 6.07) is 6.80. The van der Waals surface area contributed by atoms with Crippen molar-refractivity contribution >= 4 is 34.7 Å². The molecule has 0 aliphatic rings. The van der Waals surface area contributed by atoms with Crippen LogP contribution in [0.5, 0.6) is 0 Å². The quantitative estimate of drug-likeness (QED) is 0.749. The number of anilines is 1. The molecule has 0 atom stereocenters. The van der Waals surface area contributed by atoms with Gasteiger partial charge in [0.2, 0.25) is 5.88 Å². The molecule has 20 heavy (non-hydrogen) atoms. The van der Waals surface area contributed by atoms with Gasteiger partial charge in [0.05, 0.1) is 5.56 Å². The van der Waals surface area contributed by atoms with Crippen molar-refractivity contribution in [2.75, 3.05) is 5.32 Å². The number of rotatable bonds is 3. The van der Waals surface area contributed by atoms with Gasteiger partial charge in [0.15, 0.2) is 0 Å². The van der Waals surface area contributed by atoms with Crippen LogP contribution in [0.3, 0.4) is 0 Å². The van der Waals surface area contributed by atoms with Crippen molar-refractivity contribution in [1.29, 1.82) is 0 Å². The summed E-state index contributed by atoms with van der Waals surface area (Å²) in [5, 5.41) is 10.5. The second-order valence-electron chi connectivity index (χ2n) is 3.88. The highest BCUT2D eigenvalue weighted by molar-refractivity contribution is 7.08. The number of aromatic nitrogens is 2. The molecule has 0 radical (unpaired) electrons. The first-order valence-corrected chi connectivity index (χ1v) is 6.97. The summed E-state index contributed by atoms with van der Waals surface area (Å²) in [7, 11) is 0. The average molecular weight is 306 g/mol. The number of hydrogen-bond acceptors (Lipinski definition) is 5. The van der Waals surface area contributed by atoms with E-state index in [9.17, 15) is 4.79 Å². The summed E-state index contributed by atoms with van der Waals surface area (Å²) >= 11 is 7.42. The van der Waals surface area contributed by atoms with Gasteiger partial charge in [0.25, 0.3) is 5.91 Å². The Morgan fingerprint density at radius 1 is 1.40 bits per heavy atom. The van der Waals surface area contributed by atoms with Gasteiger partial charge in [-0.25, -0.2) is 4.98 Å². The molecule has 0 saturated carbocycles. The fourth-order valence-electron chi connectivity index (χ4n) is 1.62. The van der Waals surface area contributed by atoms with Gasteiger partial charge in [0.1, 0.15) is 10.8 Å². The lowest BCUT2D eigenvalue weighted by Gasteiger charge is -2.01. The molecule has 0 unspecified atom stereocenters. The minimum atomic E-state index is -0.392. The van der Waals surface area contributed by atoms with Gasteiger partial charge in [-0.05, 0) is 23.6 Å². The minimum absolute atomic E-state index is 0.141. The fraction of sp³-hybridized carbons (Fsp3) is 0. The molecule has 3 rings (SSSR count). The fourth-order valence-corrected chi connectivity index (χ4v) is 2.47. The monoisotopic (exact) mass is 305 g/mol. The first-order valence-electron chi connectivity index (χ1n) is 5.65. The first kappa shape index (κ1) is 12.8. The summed E-state index contributed by atoms with van der Waals surface area (Å²) in [4.78, 5) is 15.9. The summed E-state index contributed by atoms with van der Waals surface area (Å²) in [6.45, 7) is 0. The highest BCUT2D eigenvalue weighted by atomic mass is 35.5. The van der Waals surface area contributed by atoms with Gasteiger partial charge < -0.3 is 4.52 Å². The minimum Gasteiger partial charge on any atom is -0.338 e. The molecule has 0 saturated heterocycles. The number of nitrogens with zero attached hydrogens (tertiary/aromatic N) is 2. The molecule has 3 aromatic rings. The van der Waals surface area contributed by atoms with E-state index in [0.29, 0.717) is 5.69 Å². The molecule has 0 aromatic carbocycles. The molecule has 0 spiro atoms. The van der Waals surface area contributed by atoms with Crippen molar-refractivity contribution in [3.8, 4) is 11.3 Å². The third-order valence-corrected chi connectivity index (χ3v) is 3.55. The molecule has 100 valence electrons. The molecular formula is C13H8ClN3O2S. The highest BCUT2D eigenvalue weighted by Gasteiger charge is 2.14. The van der Waals surface area contributed by atoms with Crippen molar-refractivity contribution in [3.63, 3.8) is 0 Å². The van der Waals surface area contributed by atoms with Crippen LogP contribution in [0.2, 0.25) is 5.15 Å². The standard InChI is InChI=1S/C13H8ClN3O2S/c14-12-9(2-1-4-15-12)13(18)16-11-6-10(17-19-11)8-3-5-20-7-8/h1-7H,(H,16,18). The maximum absolute atomic E-state index is 12.0. The van der Waals surface area contributed by atoms with E-state index in [0.717, 1.165) is 5.56 Å². The molecule has 3 heterocycles. The SMILES string of the molecule is O=C(Nc1cc(-c2ccsc2)no1)c1cccnc1Cl. The third-order valence-electron chi connectivity index (χ3n) is 2.57. The highest BCUT2D eigenvalue weighted by Crippen LogP contribution is 2.24. The van der Waals surface area contributed by atoms with E-state index in [1.807, 2.05) is 16.8 Å². The lowest BCUT2D eigenvalue weighted by Crippen LogP contribution is -2.12. The van der Waals surface area contributed by atoms with Crippen molar-refractivity contribution in [2.45, 2.75) is 0 Å². The van der Waals surface area contributed by atoms with Gasteiger partial charge in [-0.1, -0.05) is 16.8 Å². The molecule has 0 aliphatic carbocycles. The number of nitrogens with one attached hydrogen (secondary N) is 1. The third kappa shape index (κ3) is 2.56.